The monoisotopic (exact) mass is 975 g/mol. The molecule has 2 unspecified atom stereocenters. The maximum atomic E-state index is 12.8. The predicted octanol–water partition coefficient (Wildman–Crippen LogP) is 15.7. The Hall–Kier alpha value is -4.31. The molecule has 0 saturated heterocycles. The minimum atomic E-state index is -1.52. The summed E-state index contributed by atoms with van der Waals surface area (Å²) in [5.41, 5.74) is 0. The van der Waals surface area contributed by atoms with Gasteiger partial charge in [-0.05, 0) is 103 Å². The largest absolute Gasteiger partial charge is 0.477 e. The Kier molecular flexibility index (Phi) is 47.9. The number of allylic oxidation sites excluding steroid dienone is 20. The number of nitrogens with zero attached hydrogens (tertiary/aromatic N) is 1. The quantitative estimate of drug-likeness (QED) is 0.0211. The first kappa shape index (κ1) is 65.7. The third-order valence-electron chi connectivity index (χ3n) is 11.0. The number of carboxylic acids is 1. The molecule has 2 atom stereocenters. The first-order valence-corrected chi connectivity index (χ1v) is 27.2. The summed E-state index contributed by atoms with van der Waals surface area (Å²) in [5, 5.41) is 9.68. The first-order valence-electron chi connectivity index (χ1n) is 27.2. The number of quaternary nitrogens is 1. The van der Waals surface area contributed by atoms with Gasteiger partial charge in [-0.2, -0.15) is 0 Å². The molecule has 9 heteroatoms. The van der Waals surface area contributed by atoms with Crippen molar-refractivity contribution in [3.05, 3.63) is 122 Å². The lowest BCUT2D eigenvalue weighted by Gasteiger charge is -2.25. The Balaban J connectivity index is 4.33. The van der Waals surface area contributed by atoms with Crippen LogP contribution in [0.2, 0.25) is 0 Å². The van der Waals surface area contributed by atoms with Crippen LogP contribution in [0.5, 0.6) is 0 Å². The fourth-order valence-electron chi connectivity index (χ4n) is 6.75. The molecule has 1 N–H and O–H groups in total. The highest BCUT2D eigenvalue weighted by Gasteiger charge is 2.25. The van der Waals surface area contributed by atoms with E-state index < -0.39 is 24.3 Å². The van der Waals surface area contributed by atoms with Crippen molar-refractivity contribution in [1.29, 1.82) is 0 Å². The molecule has 0 aromatic heterocycles. The molecule has 0 radical (unpaired) electrons. The summed E-state index contributed by atoms with van der Waals surface area (Å²) < 4.78 is 22.8. The molecule has 0 heterocycles. The molecule has 0 aliphatic carbocycles. The number of hydrogen-bond acceptors (Lipinski definition) is 7. The van der Waals surface area contributed by atoms with E-state index in [4.69, 9.17) is 18.9 Å². The molecular weight excluding hydrogens is 875 g/mol. The van der Waals surface area contributed by atoms with E-state index in [1.54, 1.807) is 0 Å². The molecule has 0 aromatic carbocycles. The van der Waals surface area contributed by atoms with Crippen molar-refractivity contribution in [2.75, 3.05) is 47.5 Å². The van der Waals surface area contributed by atoms with Crippen LogP contribution in [0.1, 0.15) is 187 Å². The van der Waals surface area contributed by atoms with Gasteiger partial charge in [0.25, 0.3) is 6.29 Å². The minimum absolute atomic E-state index is 0.175. The van der Waals surface area contributed by atoms with Crippen molar-refractivity contribution < 1.29 is 42.9 Å². The van der Waals surface area contributed by atoms with E-state index in [0.29, 0.717) is 17.4 Å². The molecule has 396 valence electrons. The number of carbonyl (C=O) groups is 3. The van der Waals surface area contributed by atoms with Gasteiger partial charge >= 0.3 is 17.9 Å². The van der Waals surface area contributed by atoms with Gasteiger partial charge in [0, 0.05) is 12.8 Å². The normalized spacial score (nSPS) is 13.8. The van der Waals surface area contributed by atoms with Crippen molar-refractivity contribution in [2.45, 2.75) is 200 Å². The van der Waals surface area contributed by atoms with Gasteiger partial charge in [-0.1, -0.05) is 193 Å². The summed E-state index contributed by atoms with van der Waals surface area (Å²) in [5.74, 6) is -2.06. The third kappa shape index (κ3) is 51.5. The SMILES string of the molecule is CC/C=C\C/C=C\C/C=C\C/C=C\C/C=C\C/C=C\C/C=C\C/C=C\CCCCCCCCC(=O)OC(COC(=O)CCCCCCC/C=C\C/C=C\CCCC)COC(OCC[N+](C)(C)C)C(=O)O. The number of hydrogen-bond donors (Lipinski definition) is 1. The zero-order chi connectivity index (χ0) is 51.3. The lowest BCUT2D eigenvalue weighted by Crippen LogP contribution is -2.40. The molecule has 0 fully saturated rings. The van der Waals surface area contributed by atoms with Crippen LogP contribution in [0.4, 0.5) is 0 Å². The summed E-state index contributed by atoms with van der Waals surface area (Å²) >= 11 is 0. The third-order valence-corrected chi connectivity index (χ3v) is 11.0. The predicted molar refractivity (Wildman–Crippen MR) is 294 cm³/mol. The van der Waals surface area contributed by atoms with Gasteiger partial charge in [0.1, 0.15) is 13.2 Å². The van der Waals surface area contributed by atoms with Gasteiger partial charge in [0.2, 0.25) is 0 Å². The lowest BCUT2D eigenvalue weighted by atomic mass is 10.1. The van der Waals surface area contributed by atoms with Crippen LogP contribution < -0.4 is 0 Å². The number of ether oxygens (including phenoxy) is 4. The molecular formula is C61H100NO8+. The van der Waals surface area contributed by atoms with Gasteiger partial charge in [-0.3, -0.25) is 9.59 Å². The Labute approximate surface area is 427 Å². The van der Waals surface area contributed by atoms with Gasteiger partial charge in [-0.25, -0.2) is 4.79 Å². The highest BCUT2D eigenvalue weighted by molar-refractivity contribution is 5.71. The average Bonchev–Trinajstić information content (AvgIpc) is 3.33. The smallest absolute Gasteiger partial charge is 0.361 e. The van der Waals surface area contributed by atoms with Crippen LogP contribution in [0.15, 0.2) is 122 Å². The second-order valence-corrected chi connectivity index (χ2v) is 18.8. The van der Waals surface area contributed by atoms with E-state index >= 15 is 0 Å². The van der Waals surface area contributed by atoms with Crippen LogP contribution in [0.25, 0.3) is 0 Å². The molecule has 0 aliphatic rings. The van der Waals surface area contributed by atoms with Crippen LogP contribution in [-0.4, -0.2) is 87.4 Å². The maximum Gasteiger partial charge on any atom is 0.361 e. The number of carbonyl (C=O) groups excluding carboxylic acids is 2. The molecule has 0 rings (SSSR count). The van der Waals surface area contributed by atoms with Crippen molar-refractivity contribution in [3.8, 4) is 0 Å². The number of likely N-dealkylation sites (N-methyl/N-ethyl adjacent to an activating group) is 1. The Morgan fingerprint density at radius 2 is 0.814 bits per heavy atom. The second-order valence-electron chi connectivity index (χ2n) is 18.8. The maximum absolute atomic E-state index is 12.8. The molecule has 70 heavy (non-hydrogen) atoms. The molecule has 9 nitrogen and oxygen atoms in total. The van der Waals surface area contributed by atoms with Gasteiger partial charge in [-0.15, -0.1) is 0 Å². The van der Waals surface area contributed by atoms with Crippen molar-refractivity contribution >= 4 is 17.9 Å². The number of carboxylic acid groups (broad SMARTS) is 1. The first-order chi connectivity index (χ1) is 34.1. The van der Waals surface area contributed by atoms with E-state index in [1.807, 2.05) is 21.1 Å². The molecule has 0 aromatic rings. The van der Waals surface area contributed by atoms with Crippen LogP contribution in [0, 0.1) is 0 Å². The van der Waals surface area contributed by atoms with Crippen molar-refractivity contribution in [1.82, 2.24) is 0 Å². The molecule has 0 saturated carbocycles. The zero-order valence-electron chi connectivity index (χ0n) is 44.9. The summed E-state index contributed by atoms with van der Waals surface area (Å²) in [4.78, 5) is 37.3. The molecule has 0 bridgehead atoms. The molecule has 0 amide bonds. The van der Waals surface area contributed by atoms with E-state index in [2.05, 4.69) is 135 Å². The summed E-state index contributed by atoms with van der Waals surface area (Å²) in [6.07, 6.45) is 68.4. The van der Waals surface area contributed by atoms with E-state index in [9.17, 15) is 19.5 Å². The number of unbranched alkanes of at least 4 members (excludes halogenated alkanes) is 13. The molecule has 0 aliphatic heterocycles. The summed E-state index contributed by atoms with van der Waals surface area (Å²) in [7, 11) is 5.94. The summed E-state index contributed by atoms with van der Waals surface area (Å²) in [6.45, 7) is 4.66. The minimum Gasteiger partial charge on any atom is -0.477 e. The lowest BCUT2D eigenvalue weighted by molar-refractivity contribution is -0.870. The van der Waals surface area contributed by atoms with Crippen molar-refractivity contribution in [2.24, 2.45) is 0 Å². The van der Waals surface area contributed by atoms with Gasteiger partial charge in [0.05, 0.1) is 34.4 Å². The fraction of sp³-hybridized carbons (Fsp3) is 0.623. The van der Waals surface area contributed by atoms with Crippen LogP contribution >= 0.6 is 0 Å². The average molecular weight is 975 g/mol. The molecule has 0 spiro atoms. The summed E-state index contributed by atoms with van der Waals surface area (Å²) in [6, 6.07) is 0. The number of rotatable bonds is 48. The Morgan fingerprint density at radius 1 is 0.443 bits per heavy atom. The number of aliphatic carboxylic acids is 1. The van der Waals surface area contributed by atoms with Gasteiger partial charge < -0.3 is 28.5 Å². The standard InChI is InChI=1S/C61H99NO8/c1-6-8-10-12-14-16-18-20-22-23-24-25-26-27-28-29-30-31-32-33-34-35-36-37-38-40-42-44-46-48-50-52-59(64)70-57(56-69-61(60(65)66)67-54-53-62(3,4)5)55-68-58(63)51-49-47-45-43-41-39-21-19-17-15-13-11-9-7-2/h8,10,13-16,19-22,24-25,27-28,30-31,33-34,36-37,57,61H,6-7,9,11-12,17-18,23,26,29,32,35,38-56H2,1-5H3/p+1/b10-8-,15-13-,16-14-,21-19-,22-20-,25-24-,28-27-,31-30-,34-33-,37-36-. The van der Waals surface area contributed by atoms with E-state index in [-0.39, 0.29) is 38.6 Å². The highest BCUT2D eigenvalue weighted by Crippen LogP contribution is 2.13. The van der Waals surface area contributed by atoms with Gasteiger partial charge in [0.15, 0.2) is 6.10 Å². The number of esters is 2. The Morgan fingerprint density at radius 3 is 1.21 bits per heavy atom. The topological polar surface area (TPSA) is 108 Å². The second kappa shape index (κ2) is 51.1. The van der Waals surface area contributed by atoms with E-state index in [1.165, 1.54) is 12.8 Å². The van der Waals surface area contributed by atoms with Crippen LogP contribution in [-0.2, 0) is 33.3 Å². The van der Waals surface area contributed by atoms with Crippen molar-refractivity contribution in [3.63, 3.8) is 0 Å². The highest BCUT2D eigenvalue weighted by atomic mass is 16.7. The zero-order valence-corrected chi connectivity index (χ0v) is 44.9. The fourth-order valence-corrected chi connectivity index (χ4v) is 6.75. The van der Waals surface area contributed by atoms with E-state index in [0.717, 1.165) is 141 Å². The van der Waals surface area contributed by atoms with Crippen LogP contribution in [0.3, 0.4) is 0 Å². The Bertz CT molecular complexity index is 1560.